The topological polar surface area (TPSA) is 20.3 Å². The molecule has 1 aromatic rings. The molecule has 1 aromatic carbocycles. The predicted octanol–water partition coefficient (Wildman–Crippen LogP) is 3.50. The smallest absolute Gasteiger partial charge is 0.227 e. The Morgan fingerprint density at radius 1 is 1.41 bits per heavy atom. The number of rotatable bonds is 2. The zero-order valence-electron chi connectivity index (χ0n) is 10.2. The first-order valence-corrected chi connectivity index (χ1v) is 6.10. The maximum atomic E-state index is 11.9. The van der Waals surface area contributed by atoms with E-state index in [1.54, 1.807) is 0 Å². The molecule has 2 nitrogen and oxygen atoms in total. The van der Waals surface area contributed by atoms with Crippen molar-refractivity contribution in [2.45, 2.75) is 20.3 Å². The Kier molecular flexibility index (Phi) is 3.25. The van der Waals surface area contributed by atoms with Crippen molar-refractivity contribution in [1.82, 2.24) is 0 Å². The molecule has 17 heavy (non-hydrogen) atoms. The summed E-state index contributed by atoms with van der Waals surface area (Å²) in [5, 5.41) is 0.748. The van der Waals surface area contributed by atoms with Crippen LogP contribution in [-0.4, -0.2) is 12.5 Å². The molecule has 0 bridgehead atoms. The number of carbonyl (C=O) groups is 1. The lowest BCUT2D eigenvalue weighted by atomic mass is 10.1. The zero-order chi connectivity index (χ0) is 12.6. The number of amides is 1. The third kappa shape index (κ3) is 2.22. The highest BCUT2D eigenvalue weighted by Crippen LogP contribution is 2.31. The Bertz CT molecular complexity index is 481. The number of anilines is 1. The van der Waals surface area contributed by atoms with Gasteiger partial charge in [0.2, 0.25) is 5.91 Å². The standard InChI is InChI=1S/C14H16ClNO/c1-4-11-7-14(17)16(8-11)13-6-9(2)12(15)5-10(13)3/h4-6,11H,1,7-8H2,2-3H3. The Hall–Kier alpha value is -1.28. The number of benzene rings is 1. The summed E-state index contributed by atoms with van der Waals surface area (Å²) in [6.07, 6.45) is 2.42. The molecule has 1 atom stereocenters. The summed E-state index contributed by atoms with van der Waals surface area (Å²) < 4.78 is 0. The van der Waals surface area contributed by atoms with E-state index in [1.807, 2.05) is 37.0 Å². The molecule has 0 aromatic heterocycles. The molecule has 1 fully saturated rings. The minimum atomic E-state index is 0.166. The lowest BCUT2D eigenvalue weighted by Crippen LogP contribution is -2.25. The molecule has 0 radical (unpaired) electrons. The quantitative estimate of drug-likeness (QED) is 0.735. The molecule has 0 aliphatic carbocycles. The summed E-state index contributed by atoms with van der Waals surface area (Å²) in [5.41, 5.74) is 3.02. The third-order valence-corrected chi connectivity index (χ3v) is 3.66. The molecule has 0 spiro atoms. The average molecular weight is 250 g/mol. The largest absolute Gasteiger partial charge is 0.312 e. The van der Waals surface area contributed by atoms with Crippen LogP contribution in [0.25, 0.3) is 0 Å². The van der Waals surface area contributed by atoms with E-state index in [4.69, 9.17) is 11.6 Å². The minimum absolute atomic E-state index is 0.166. The lowest BCUT2D eigenvalue weighted by Gasteiger charge is -2.20. The number of carbonyl (C=O) groups excluding carboxylic acids is 1. The maximum absolute atomic E-state index is 11.9. The van der Waals surface area contributed by atoms with Gasteiger partial charge in [-0.25, -0.2) is 0 Å². The Balaban J connectivity index is 2.38. The van der Waals surface area contributed by atoms with Crippen LogP contribution in [0.2, 0.25) is 5.02 Å². The van der Waals surface area contributed by atoms with E-state index in [1.165, 1.54) is 0 Å². The van der Waals surface area contributed by atoms with Crippen molar-refractivity contribution in [2.75, 3.05) is 11.4 Å². The van der Waals surface area contributed by atoms with Crippen molar-refractivity contribution in [2.24, 2.45) is 5.92 Å². The van der Waals surface area contributed by atoms with E-state index < -0.39 is 0 Å². The van der Waals surface area contributed by atoms with E-state index in [2.05, 4.69) is 6.58 Å². The Labute approximate surface area is 107 Å². The van der Waals surface area contributed by atoms with Crippen LogP contribution < -0.4 is 4.90 Å². The summed E-state index contributed by atoms with van der Waals surface area (Å²) >= 11 is 6.07. The van der Waals surface area contributed by atoms with E-state index in [9.17, 15) is 4.79 Å². The van der Waals surface area contributed by atoms with Crippen molar-refractivity contribution in [1.29, 1.82) is 0 Å². The molecule has 2 rings (SSSR count). The fraction of sp³-hybridized carbons (Fsp3) is 0.357. The van der Waals surface area contributed by atoms with Crippen LogP contribution in [0.4, 0.5) is 5.69 Å². The van der Waals surface area contributed by atoms with Crippen LogP contribution in [0, 0.1) is 19.8 Å². The Morgan fingerprint density at radius 3 is 2.71 bits per heavy atom. The van der Waals surface area contributed by atoms with Gasteiger partial charge in [0.15, 0.2) is 0 Å². The molecular weight excluding hydrogens is 234 g/mol. The Morgan fingerprint density at radius 2 is 2.12 bits per heavy atom. The van der Waals surface area contributed by atoms with Gasteiger partial charge >= 0.3 is 0 Å². The second-order valence-corrected chi connectivity index (χ2v) is 5.00. The van der Waals surface area contributed by atoms with Crippen LogP contribution in [0.1, 0.15) is 17.5 Å². The average Bonchev–Trinajstić information content (AvgIpc) is 2.65. The van der Waals surface area contributed by atoms with Crippen LogP contribution in [0.3, 0.4) is 0 Å². The summed E-state index contributed by atoms with van der Waals surface area (Å²) in [7, 11) is 0. The monoisotopic (exact) mass is 249 g/mol. The van der Waals surface area contributed by atoms with Gasteiger partial charge in [0, 0.05) is 29.6 Å². The fourth-order valence-electron chi connectivity index (χ4n) is 2.18. The van der Waals surface area contributed by atoms with Crippen molar-refractivity contribution >= 4 is 23.2 Å². The van der Waals surface area contributed by atoms with Crippen molar-refractivity contribution in [3.63, 3.8) is 0 Å². The van der Waals surface area contributed by atoms with Gasteiger partial charge in [0.05, 0.1) is 0 Å². The van der Waals surface area contributed by atoms with Gasteiger partial charge in [-0.2, -0.15) is 0 Å². The van der Waals surface area contributed by atoms with Gasteiger partial charge < -0.3 is 4.90 Å². The molecule has 1 heterocycles. The summed E-state index contributed by atoms with van der Waals surface area (Å²) in [4.78, 5) is 13.8. The second kappa shape index (κ2) is 4.53. The third-order valence-electron chi connectivity index (χ3n) is 3.26. The minimum Gasteiger partial charge on any atom is -0.312 e. The SMILES string of the molecule is C=CC1CC(=O)N(c2cc(C)c(Cl)cc2C)C1. The molecule has 3 heteroatoms. The van der Waals surface area contributed by atoms with Gasteiger partial charge in [-0.05, 0) is 37.1 Å². The normalized spacial score (nSPS) is 19.8. The molecular formula is C14H16ClNO. The van der Waals surface area contributed by atoms with Gasteiger partial charge in [-0.15, -0.1) is 6.58 Å². The molecule has 90 valence electrons. The maximum Gasteiger partial charge on any atom is 0.227 e. The van der Waals surface area contributed by atoms with Gasteiger partial charge in [0.25, 0.3) is 0 Å². The molecule has 1 amide bonds. The van der Waals surface area contributed by atoms with Crippen LogP contribution in [0.5, 0.6) is 0 Å². The van der Waals surface area contributed by atoms with Gasteiger partial charge in [0.1, 0.15) is 0 Å². The summed E-state index contributed by atoms with van der Waals surface area (Å²) in [6.45, 7) is 8.42. The number of hydrogen-bond donors (Lipinski definition) is 0. The first-order valence-electron chi connectivity index (χ1n) is 5.72. The number of hydrogen-bond acceptors (Lipinski definition) is 1. The van der Waals surface area contributed by atoms with Crippen molar-refractivity contribution in [3.8, 4) is 0 Å². The highest BCUT2D eigenvalue weighted by Gasteiger charge is 2.29. The molecule has 1 saturated heterocycles. The van der Waals surface area contributed by atoms with Crippen LogP contribution >= 0.6 is 11.6 Å². The van der Waals surface area contributed by atoms with E-state index in [0.717, 1.165) is 28.4 Å². The van der Waals surface area contributed by atoms with Crippen molar-refractivity contribution < 1.29 is 4.79 Å². The summed E-state index contributed by atoms with van der Waals surface area (Å²) in [5.74, 6) is 0.428. The van der Waals surface area contributed by atoms with Gasteiger partial charge in [-0.3, -0.25) is 4.79 Å². The first kappa shape index (κ1) is 12.2. The molecule has 0 N–H and O–H groups in total. The van der Waals surface area contributed by atoms with Crippen LogP contribution in [0.15, 0.2) is 24.8 Å². The fourth-order valence-corrected chi connectivity index (χ4v) is 2.40. The summed E-state index contributed by atoms with van der Waals surface area (Å²) in [6, 6.07) is 3.90. The highest BCUT2D eigenvalue weighted by atomic mass is 35.5. The highest BCUT2D eigenvalue weighted by molar-refractivity contribution is 6.31. The van der Waals surface area contributed by atoms with E-state index in [-0.39, 0.29) is 11.8 Å². The predicted molar refractivity (Wildman–Crippen MR) is 71.6 cm³/mol. The first-order chi connectivity index (χ1) is 8.02. The van der Waals surface area contributed by atoms with Crippen molar-refractivity contribution in [3.05, 3.63) is 40.9 Å². The van der Waals surface area contributed by atoms with E-state index in [0.29, 0.717) is 6.42 Å². The second-order valence-electron chi connectivity index (χ2n) is 4.59. The van der Waals surface area contributed by atoms with Crippen LogP contribution in [-0.2, 0) is 4.79 Å². The molecule has 1 aliphatic rings. The van der Waals surface area contributed by atoms with E-state index >= 15 is 0 Å². The number of aryl methyl sites for hydroxylation is 2. The molecule has 1 unspecified atom stereocenters. The van der Waals surface area contributed by atoms with Gasteiger partial charge in [-0.1, -0.05) is 17.7 Å². The molecule has 0 saturated carbocycles. The number of nitrogens with zero attached hydrogens (tertiary/aromatic N) is 1. The molecule has 1 aliphatic heterocycles. The number of halogens is 1. The lowest BCUT2D eigenvalue weighted by molar-refractivity contribution is -0.117. The zero-order valence-corrected chi connectivity index (χ0v) is 10.9.